The van der Waals surface area contributed by atoms with Gasteiger partial charge in [0.1, 0.15) is 6.29 Å². The molecule has 1 heterocycles. The van der Waals surface area contributed by atoms with Crippen molar-refractivity contribution in [1.29, 1.82) is 0 Å². The summed E-state index contributed by atoms with van der Waals surface area (Å²) < 4.78 is 0. The fourth-order valence-electron chi connectivity index (χ4n) is 3.86. The maximum Gasteiger partial charge on any atom is 0.150 e. The van der Waals surface area contributed by atoms with E-state index in [4.69, 9.17) is 0 Å². The molecule has 0 aromatic heterocycles. The summed E-state index contributed by atoms with van der Waals surface area (Å²) in [6.07, 6.45) is 0.879. The third-order valence-electron chi connectivity index (χ3n) is 5.08. The molecule has 0 N–H and O–H groups in total. The van der Waals surface area contributed by atoms with Gasteiger partial charge in [-0.25, -0.2) is 0 Å². The summed E-state index contributed by atoms with van der Waals surface area (Å²) in [5, 5.41) is 0. The molecule has 0 unspecified atom stereocenters. The summed E-state index contributed by atoms with van der Waals surface area (Å²) in [7, 11) is 0. The zero-order valence-corrected chi connectivity index (χ0v) is 14.7. The van der Waals surface area contributed by atoms with Crippen LogP contribution in [0.1, 0.15) is 10.4 Å². The predicted octanol–water partition coefficient (Wildman–Crippen LogP) is 6.62. The number of nitrogens with zero attached hydrogens (tertiary/aromatic N) is 1. The van der Waals surface area contributed by atoms with Crippen LogP contribution in [-0.4, -0.2) is 6.29 Å². The lowest BCUT2D eigenvalue weighted by molar-refractivity contribution is 0.112. The van der Waals surface area contributed by atoms with Crippen LogP contribution in [-0.2, 0) is 0 Å². The molecule has 27 heavy (non-hydrogen) atoms. The lowest BCUT2D eigenvalue weighted by Gasteiger charge is -2.27. The van der Waals surface area contributed by atoms with E-state index in [1.54, 1.807) is 0 Å². The van der Waals surface area contributed by atoms with Crippen molar-refractivity contribution in [2.75, 3.05) is 4.90 Å². The Bertz CT molecular complexity index is 1080. The molecule has 1 aliphatic rings. The first-order chi connectivity index (χ1) is 13.4. The first-order valence-electron chi connectivity index (χ1n) is 9.00. The van der Waals surface area contributed by atoms with Gasteiger partial charge < -0.3 is 4.90 Å². The molecule has 4 aromatic rings. The van der Waals surface area contributed by atoms with Crippen LogP contribution in [0.5, 0.6) is 0 Å². The summed E-state index contributed by atoms with van der Waals surface area (Å²) >= 11 is 0. The fraction of sp³-hybridized carbons (Fsp3) is 0. The molecule has 0 amide bonds. The van der Waals surface area contributed by atoms with Gasteiger partial charge in [-0.3, -0.25) is 4.79 Å². The Labute approximate surface area is 158 Å². The number of carbonyl (C=O) groups is 1. The monoisotopic (exact) mass is 347 g/mol. The molecule has 0 atom stereocenters. The van der Waals surface area contributed by atoms with Crippen LogP contribution in [0.3, 0.4) is 0 Å². The van der Waals surface area contributed by atoms with Gasteiger partial charge >= 0.3 is 0 Å². The van der Waals surface area contributed by atoms with Crippen LogP contribution >= 0.6 is 0 Å². The van der Waals surface area contributed by atoms with Gasteiger partial charge in [0.25, 0.3) is 0 Å². The molecule has 5 rings (SSSR count). The van der Waals surface area contributed by atoms with E-state index in [9.17, 15) is 4.79 Å². The molecule has 1 aliphatic heterocycles. The van der Waals surface area contributed by atoms with Crippen LogP contribution < -0.4 is 4.90 Å². The van der Waals surface area contributed by atoms with Crippen LogP contribution in [0, 0.1) is 0 Å². The van der Waals surface area contributed by atoms with Gasteiger partial charge in [0.15, 0.2) is 0 Å². The molecule has 0 radical (unpaired) electrons. The average Bonchev–Trinajstić information content (AvgIpc) is 2.87. The van der Waals surface area contributed by atoms with Crippen molar-refractivity contribution in [2.24, 2.45) is 0 Å². The number of para-hydroxylation sites is 2. The standard InChI is InChI=1S/C25H17NO/c27-17-18-13-15-19(16-14-18)26-24-11-5-3-9-22(24)20-7-1-2-8-21(20)23-10-4-6-12-25(23)26/h1-17H. The molecular formula is C25H17NO. The van der Waals surface area contributed by atoms with Gasteiger partial charge in [-0.05, 0) is 47.5 Å². The molecule has 0 spiro atoms. The molecule has 0 fully saturated rings. The number of aldehydes is 1. The van der Waals surface area contributed by atoms with Crippen molar-refractivity contribution in [3.8, 4) is 22.3 Å². The van der Waals surface area contributed by atoms with Crippen molar-refractivity contribution < 1.29 is 4.79 Å². The number of fused-ring (bicyclic) bond motifs is 5. The van der Waals surface area contributed by atoms with E-state index < -0.39 is 0 Å². The van der Waals surface area contributed by atoms with E-state index in [0.717, 1.165) is 23.3 Å². The normalized spacial score (nSPS) is 11.8. The zero-order chi connectivity index (χ0) is 18.2. The van der Waals surface area contributed by atoms with Gasteiger partial charge in [-0.1, -0.05) is 60.7 Å². The largest absolute Gasteiger partial charge is 0.309 e. The Hall–Kier alpha value is -3.65. The second-order valence-corrected chi connectivity index (χ2v) is 6.62. The van der Waals surface area contributed by atoms with Gasteiger partial charge in [0.05, 0.1) is 11.4 Å². The number of hydrogen-bond acceptors (Lipinski definition) is 2. The fourth-order valence-corrected chi connectivity index (χ4v) is 3.86. The van der Waals surface area contributed by atoms with E-state index in [0.29, 0.717) is 5.56 Å². The quantitative estimate of drug-likeness (QED) is 0.335. The van der Waals surface area contributed by atoms with Crippen molar-refractivity contribution in [3.63, 3.8) is 0 Å². The maximum atomic E-state index is 11.1. The average molecular weight is 347 g/mol. The number of benzene rings is 4. The summed E-state index contributed by atoms with van der Waals surface area (Å²) in [5.41, 5.74) is 8.84. The van der Waals surface area contributed by atoms with E-state index in [2.05, 4.69) is 77.7 Å². The molecular weight excluding hydrogens is 330 g/mol. The highest BCUT2D eigenvalue weighted by molar-refractivity contribution is 6.02. The minimum absolute atomic E-state index is 0.679. The van der Waals surface area contributed by atoms with E-state index >= 15 is 0 Å². The third-order valence-corrected chi connectivity index (χ3v) is 5.08. The Morgan fingerprint density at radius 1 is 0.519 bits per heavy atom. The maximum absolute atomic E-state index is 11.1. The topological polar surface area (TPSA) is 20.3 Å². The summed E-state index contributed by atoms with van der Waals surface area (Å²) in [5.74, 6) is 0. The van der Waals surface area contributed by atoms with Gasteiger partial charge in [0.2, 0.25) is 0 Å². The number of carbonyl (C=O) groups excluding carboxylic acids is 1. The van der Waals surface area contributed by atoms with E-state index in [1.807, 2.05) is 24.3 Å². The Morgan fingerprint density at radius 3 is 1.44 bits per heavy atom. The highest BCUT2D eigenvalue weighted by Gasteiger charge is 2.25. The number of anilines is 3. The minimum Gasteiger partial charge on any atom is -0.309 e. The SMILES string of the molecule is O=Cc1ccc(N2c3ccccc3-c3ccccc3-c3ccccc32)cc1. The Balaban J connectivity index is 1.86. The highest BCUT2D eigenvalue weighted by Crippen LogP contribution is 2.50. The lowest BCUT2D eigenvalue weighted by Crippen LogP contribution is -2.10. The molecule has 128 valence electrons. The lowest BCUT2D eigenvalue weighted by atomic mass is 9.95. The molecule has 2 nitrogen and oxygen atoms in total. The van der Waals surface area contributed by atoms with Crippen LogP contribution in [0.2, 0.25) is 0 Å². The van der Waals surface area contributed by atoms with Crippen LogP contribution in [0.25, 0.3) is 22.3 Å². The van der Waals surface area contributed by atoms with Crippen LogP contribution in [0.4, 0.5) is 17.1 Å². The molecule has 0 bridgehead atoms. The van der Waals surface area contributed by atoms with Gasteiger partial charge in [-0.15, -0.1) is 0 Å². The Kier molecular flexibility index (Phi) is 3.61. The first kappa shape index (κ1) is 15.6. The molecule has 0 aliphatic carbocycles. The van der Waals surface area contributed by atoms with Gasteiger partial charge in [-0.2, -0.15) is 0 Å². The summed E-state index contributed by atoms with van der Waals surface area (Å²) in [6.45, 7) is 0. The van der Waals surface area contributed by atoms with E-state index in [-0.39, 0.29) is 0 Å². The van der Waals surface area contributed by atoms with Gasteiger partial charge in [0, 0.05) is 22.4 Å². The Morgan fingerprint density at radius 2 is 0.963 bits per heavy atom. The third kappa shape index (κ3) is 2.46. The molecule has 0 saturated heterocycles. The van der Waals surface area contributed by atoms with Crippen molar-refractivity contribution in [3.05, 3.63) is 103 Å². The second-order valence-electron chi connectivity index (χ2n) is 6.62. The first-order valence-corrected chi connectivity index (χ1v) is 9.00. The molecule has 0 saturated carbocycles. The summed E-state index contributed by atoms with van der Waals surface area (Å²) in [6, 6.07) is 33.3. The zero-order valence-electron chi connectivity index (χ0n) is 14.7. The predicted molar refractivity (Wildman–Crippen MR) is 111 cm³/mol. The highest BCUT2D eigenvalue weighted by atomic mass is 16.1. The van der Waals surface area contributed by atoms with Crippen molar-refractivity contribution in [1.82, 2.24) is 0 Å². The number of hydrogen-bond donors (Lipinski definition) is 0. The smallest absolute Gasteiger partial charge is 0.150 e. The second kappa shape index (κ2) is 6.26. The molecule has 2 heteroatoms. The summed E-state index contributed by atoms with van der Waals surface area (Å²) in [4.78, 5) is 13.4. The van der Waals surface area contributed by atoms with Crippen LogP contribution in [0.15, 0.2) is 97.1 Å². The van der Waals surface area contributed by atoms with E-state index in [1.165, 1.54) is 22.3 Å². The minimum atomic E-state index is 0.679. The van der Waals surface area contributed by atoms with Crippen molar-refractivity contribution in [2.45, 2.75) is 0 Å². The number of rotatable bonds is 2. The molecule has 4 aromatic carbocycles. The van der Waals surface area contributed by atoms with Crippen molar-refractivity contribution >= 4 is 23.3 Å².